The molecule has 0 aliphatic carbocycles. The van der Waals surface area contributed by atoms with Crippen molar-refractivity contribution in [1.29, 1.82) is 0 Å². The molecule has 1 aromatic heterocycles. The van der Waals surface area contributed by atoms with E-state index < -0.39 is 6.04 Å². The molecular weight excluding hydrogens is 404 g/mol. The summed E-state index contributed by atoms with van der Waals surface area (Å²) < 4.78 is 6.80. The molecule has 1 atom stereocenters. The first kappa shape index (κ1) is 20.0. The molecule has 154 valence electrons. The molecule has 3 aromatic rings. The zero-order valence-corrected chi connectivity index (χ0v) is 17.6. The van der Waals surface area contributed by atoms with E-state index in [2.05, 4.69) is 15.7 Å². The van der Waals surface area contributed by atoms with Crippen molar-refractivity contribution in [3.8, 4) is 16.9 Å². The quantitative estimate of drug-likeness (QED) is 0.637. The number of anilines is 2. The third-order valence-corrected chi connectivity index (χ3v) is 5.39. The summed E-state index contributed by atoms with van der Waals surface area (Å²) in [6, 6.07) is 12.2. The molecule has 0 saturated carbocycles. The van der Waals surface area contributed by atoms with Gasteiger partial charge in [-0.25, -0.2) is 4.68 Å². The minimum absolute atomic E-state index is 0.0494. The lowest BCUT2D eigenvalue weighted by molar-refractivity contribution is -0.123. The van der Waals surface area contributed by atoms with Gasteiger partial charge in [0.15, 0.2) is 0 Å². The van der Waals surface area contributed by atoms with E-state index in [1.165, 1.54) is 0 Å². The third-order valence-electron chi connectivity index (χ3n) is 5.08. The molecule has 0 spiro atoms. The molecule has 1 aliphatic heterocycles. The predicted octanol–water partition coefficient (Wildman–Crippen LogP) is 4.35. The first-order valence-corrected chi connectivity index (χ1v) is 9.85. The van der Waals surface area contributed by atoms with Crippen LogP contribution in [0.5, 0.6) is 5.75 Å². The summed E-state index contributed by atoms with van der Waals surface area (Å²) in [5.41, 5.74) is 4.02. The van der Waals surface area contributed by atoms with Gasteiger partial charge in [-0.1, -0.05) is 29.8 Å². The van der Waals surface area contributed by atoms with Crippen LogP contribution in [0.2, 0.25) is 5.02 Å². The number of methoxy groups -OCH3 is 1. The Morgan fingerprint density at radius 2 is 1.97 bits per heavy atom. The maximum Gasteiger partial charge on any atom is 0.251 e. The molecule has 2 amide bonds. The number of carbonyl (C=O) groups excluding carboxylic acids is 2. The molecule has 4 rings (SSSR count). The number of aryl methyl sites for hydroxylation is 2. The molecule has 7 nitrogen and oxygen atoms in total. The molecule has 0 saturated heterocycles. The monoisotopic (exact) mass is 424 g/mol. The van der Waals surface area contributed by atoms with Crippen LogP contribution in [0.4, 0.5) is 11.5 Å². The Labute approximate surface area is 179 Å². The van der Waals surface area contributed by atoms with Crippen molar-refractivity contribution in [2.24, 2.45) is 0 Å². The lowest BCUT2D eigenvalue weighted by atomic mass is 10.1. The van der Waals surface area contributed by atoms with E-state index in [1.54, 1.807) is 23.9 Å². The van der Waals surface area contributed by atoms with Crippen LogP contribution < -0.4 is 15.4 Å². The van der Waals surface area contributed by atoms with Crippen molar-refractivity contribution in [2.75, 3.05) is 17.7 Å². The minimum atomic E-state index is -0.727. The molecule has 1 aliphatic rings. The van der Waals surface area contributed by atoms with Crippen LogP contribution in [-0.2, 0) is 9.59 Å². The number of carbonyl (C=O) groups is 2. The number of nitrogens with one attached hydrogen (secondary N) is 2. The highest BCUT2D eigenvalue weighted by atomic mass is 35.5. The molecule has 2 heterocycles. The van der Waals surface area contributed by atoms with Gasteiger partial charge in [0.2, 0.25) is 5.91 Å². The van der Waals surface area contributed by atoms with E-state index in [9.17, 15) is 9.59 Å². The number of nitrogens with zero attached hydrogens (tertiary/aromatic N) is 2. The Bertz CT molecular complexity index is 1140. The Morgan fingerprint density at radius 3 is 2.63 bits per heavy atom. The average molecular weight is 425 g/mol. The fourth-order valence-corrected chi connectivity index (χ4v) is 3.87. The summed E-state index contributed by atoms with van der Waals surface area (Å²) in [5.74, 6) is 0.757. The Morgan fingerprint density at radius 1 is 1.23 bits per heavy atom. The van der Waals surface area contributed by atoms with Gasteiger partial charge in [0.05, 0.1) is 29.9 Å². The molecule has 0 bridgehead atoms. The molecule has 0 radical (unpaired) electrons. The maximum absolute atomic E-state index is 12.6. The van der Waals surface area contributed by atoms with Crippen LogP contribution in [0, 0.1) is 13.8 Å². The summed E-state index contributed by atoms with van der Waals surface area (Å²) in [5, 5.41) is 10.6. The highest BCUT2D eigenvalue weighted by Crippen LogP contribution is 2.38. The second-order valence-electron chi connectivity index (χ2n) is 7.22. The van der Waals surface area contributed by atoms with Crippen molar-refractivity contribution in [3.63, 3.8) is 0 Å². The molecule has 1 unspecified atom stereocenters. The van der Waals surface area contributed by atoms with Crippen LogP contribution in [0.3, 0.4) is 0 Å². The zero-order valence-electron chi connectivity index (χ0n) is 16.8. The summed E-state index contributed by atoms with van der Waals surface area (Å²) in [4.78, 5) is 25.2. The molecular formula is C22H21ClN4O3. The van der Waals surface area contributed by atoms with Gasteiger partial charge in [-0.3, -0.25) is 9.59 Å². The number of fused-ring (bicyclic) bond motifs is 1. The standard InChI is InChI=1S/C22H21ClN4O3/c1-12-4-9-17(16(23)10-12)24-19(28)11-18-22(29)25-21-20(13(2)26-27(18)21)14-5-7-15(30-3)8-6-14/h4-10,18H,11H2,1-3H3,(H,24,28)(H,25,29). The predicted molar refractivity (Wildman–Crippen MR) is 116 cm³/mol. The first-order chi connectivity index (χ1) is 14.4. The summed E-state index contributed by atoms with van der Waals surface area (Å²) in [6.07, 6.45) is -0.0494. The normalized spacial score (nSPS) is 14.9. The molecule has 0 fully saturated rings. The number of ether oxygens (including phenoxy) is 1. The van der Waals surface area contributed by atoms with Crippen LogP contribution >= 0.6 is 11.6 Å². The summed E-state index contributed by atoms with van der Waals surface area (Å²) >= 11 is 6.19. The zero-order chi connectivity index (χ0) is 21.4. The maximum atomic E-state index is 12.6. The molecule has 2 N–H and O–H groups in total. The summed E-state index contributed by atoms with van der Waals surface area (Å²) in [7, 11) is 1.61. The summed E-state index contributed by atoms with van der Waals surface area (Å²) in [6.45, 7) is 3.79. The molecule has 8 heteroatoms. The first-order valence-electron chi connectivity index (χ1n) is 9.47. The number of amides is 2. The van der Waals surface area contributed by atoms with Crippen molar-refractivity contribution < 1.29 is 14.3 Å². The van der Waals surface area contributed by atoms with Crippen LogP contribution in [-0.4, -0.2) is 28.7 Å². The van der Waals surface area contributed by atoms with Crippen molar-refractivity contribution in [1.82, 2.24) is 9.78 Å². The van der Waals surface area contributed by atoms with E-state index in [1.807, 2.05) is 44.2 Å². The van der Waals surface area contributed by atoms with Crippen LogP contribution in [0.1, 0.15) is 23.7 Å². The fraction of sp³-hybridized carbons (Fsp3) is 0.227. The number of benzene rings is 2. The Balaban J connectivity index is 1.57. The molecule has 30 heavy (non-hydrogen) atoms. The number of rotatable bonds is 5. The van der Waals surface area contributed by atoms with Gasteiger partial charge in [-0.2, -0.15) is 5.10 Å². The lowest BCUT2D eigenvalue weighted by Crippen LogP contribution is -2.24. The Kier molecular flexibility index (Phi) is 5.22. The smallest absolute Gasteiger partial charge is 0.251 e. The number of hydrogen-bond acceptors (Lipinski definition) is 4. The van der Waals surface area contributed by atoms with E-state index in [0.29, 0.717) is 16.5 Å². The van der Waals surface area contributed by atoms with Crippen LogP contribution in [0.15, 0.2) is 42.5 Å². The van der Waals surface area contributed by atoms with E-state index in [4.69, 9.17) is 16.3 Å². The fourth-order valence-electron chi connectivity index (χ4n) is 3.58. The van der Waals surface area contributed by atoms with Crippen molar-refractivity contribution in [2.45, 2.75) is 26.3 Å². The van der Waals surface area contributed by atoms with Crippen molar-refractivity contribution in [3.05, 3.63) is 58.7 Å². The second-order valence-corrected chi connectivity index (χ2v) is 7.63. The van der Waals surface area contributed by atoms with Crippen molar-refractivity contribution >= 4 is 34.9 Å². The highest BCUT2D eigenvalue weighted by Gasteiger charge is 2.36. The van der Waals surface area contributed by atoms with Gasteiger partial charge in [0.1, 0.15) is 17.6 Å². The second kappa shape index (κ2) is 7.84. The van der Waals surface area contributed by atoms with Gasteiger partial charge in [0.25, 0.3) is 5.91 Å². The highest BCUT2D eigenvalue weighted by molar-refractivity contribution is 6.33. The van der Waals surface area contributed by atoms with Gasteiger partial charge in [0, 0.05) is 5.56 Å². The van der Waals surface area contributed by atoms with E-state index in [0.717, 1.165) is 28.1 Å². The third kappa shape index (κ3) is 3.64. The van der Waals surface area contributed by atoms with Gasteiger partial charge in [-0.15, -0.1) is 0 Å². The minimum Gasteiger partial charge on any atom is -0.497 e. The number of hydrogen-bond donors (Lipinski definition) is 2. The number of halogens is 1. The lowest BCUT2D eigenvalue weighted by Gasteiger charge is -2.11. The molecule has 2 aromatic carbocycles. The largest absolute Gasteiger partial charge is 0.497 e. The van der Waals surface area contributed by atoms with Gasteiger partial charge >= 0.3 is 0 Å². The van der Waals surface area contributed by atoms with E-state index >= 15 is 0 Å². The van der Waals surface area contributed by atoms with Crippen LogP contribution in [0.25, 0.3) is 11.1 Å². The average Bonchev–Trinajstić information content (AvgIpc) is 3.18. The number of aromatic nitrogens is 2. The Hall–Kier alpha value is -3.32. The SMILES string of the molecule is COc1ccc(-c2c(C)nn3c2NC(=O)C3CC(=O)Nc2ccc(C)cc2Cl)cc1. The topological polar surface area (TPSA) is 85.2 Å². The van der Waals surface area contributed by atoms with Gasteiger partial charge < -0.3 is 15.4 Å². The van der Waals surface area contributed by atoms with E-state index in [-0.39, 0.29) is 18.2 Å². The van der Waals surface area contributed by atoms with Gasteiger partial charge in [-0.05, 0) is 49.2 Å².